The molecule has 7 heteroatoms. The summed E-state index contributed by atoms with van der Waals surface area (Å²) in [6.07, 6.45) is -0.0695. The first-order valence-electron chi connectivity index (χ1n) is 7.41. The zero-order valence-corrected chi connectivity index (χ0v) is 14.2. The van der Waals surface area contributed by atoms with E-state index in [-0.39, 0.29) is 17.6 Å². The summed E-state index contributed by atoms with van der Waals surface area (Å²) >= 11 is 0. The maximum absolute atomic E-state index is 11.6. The molecule has 1 atom stereocenters. The summed E-state index contributed by atoms with van der Waals surface area (Å²) < 4.78 is 49.3. The van der Waals surface area contributed by atoms with Crippen molar-refractivity contribution in [2.75, 3.05) is 13.7 Å². The second kappa shape index (κ2) is 6.33. The Morgan fingerprint density at radius 3 is 2.71 bits per heavy atom. The Hall–Kier alpha value is -2.25. The Morgan fingerprint density at radius 2 is 2.00 bits per heavy atom. The molecule has 1 aliphatic rings. The number of benzene rings is 2. The Kier molecular flexibility index (Phi) is 4.38. The average molecular weight is 350 g/mol. The predicted octanol–water partition coefficient (Wildman–Crippen LogP) is 2.63. The number of fused-ring (bicyclic) bond motifs is 1. The zero-order valence-electron chi connectivity index (χ0n) is 13.4. The summed E-state index contributed by atoms with van der Waals surface area (Å²) in [6.45, 7) is 2.15. The molecule has 24 heavy (non-hydrogen) atoms. The highest BCUT2D eigenvalue weighted by Gasteiger charge is 2.25. The first-order chi connectivity index (χ1) is 11.4. The Morgan fingerprint density at radius 1 is 1.21 bits per heavy atom. The molecule has 0 saturated heterocycles. The second-order valence-corrected chi connectivity index (χ2v) is 7.04. The maximum atomic E-state index is 11.6. The number of methoxy groups -OCH3 is 1. The molecule has 1 heterocycles. The number of hydrogen-bond donors (Lipinski definition) is 1. The molecule has 0 saturated carbocycles. The van der Waals surface area contributed by atoms with Crippen LogP contribution in [0.4, 0.5) is 0 Å². The fourth-order valence-electron chi connectivity index (χ4n) is 2.69. The van der Waals surface area contributed by atoms with Crippen LogP contribution in [-0.4, -0.2) is 32.8 Å². The van der Waals surface area contributed by atoms with Gasteiger partial charge in [0, 0.05) is 12.5 Å². The first kappa shape index (κ1) is 16.6. The molecule has 0 bridgehead atoms. The molecule has 0 aliphatic carbocycles. The Bertz CT molecular complexity index is 859. The first-order valence-corrected chi connectivity index (χ1v) is 8.85. The van der Waals surface area contributed by atoms with Gasteiger partial charge in [0.05, 0.1) is 12.0 Å². The van der Waals surface area contributed by atoms with E-state index in [0.29, 0.717) is 29.2 Å². The standard InChI is InChI=1S/C17H18O6S/c1-11-3-6-17(24(18,19)20)12(7-11)8-14-10-22-15-5-4-13(21-2)9-16(15)23-14/h3-7,9,14H,8,10H2,1-2H3,(H,18,19,20)/t14-/m1/s1. The molecule has 0 spiro atoms. The fourth-order valence-corrected chi connectivity index (χ4v) is 3.40. The van der Waals surface area contributed by atoms with Crippen molar-refractivity contribution >= 4 is 10.1 Å². The van der Waals surface area contributed by atoms with Gasteiger partial charge in [0.1, 0.15) is 18.5 Å². The third kappa shape index (κ3) is 3.47. The van der Waals surface area contributed by atoms with Crippen LogP contribution in [0.1, 0.15) is 11.1 Å². The predicted molar refractivity (Wildman–Crippen MR) is 87.6 cm³/mol. The quantitative estimate of drug-likeness (QED) is 0.854. The average Bonchev–Trinajstić information content (AvgIpc) is 2.53. The highest BCUT2D eigenvalue weighted by Crippen LogP contribution is 2.35. The van der Waals surface area contributed by atoms with Crippen LogP contribution in [-0.2, 0) is 16.5 Å². The molecule has 3 rings (SSSR count). The van der Waals surface area contributed by atoms with Crippen molar-refractivity contribution in [3.63, 3.8) is 0 Å². The van der Waals surface area contributed by atoms with Crippen molar-refractivity contribution in [2.24, 2.45) is 0 Å². The Balaban J connectivity index is 1.86. The Labute approximate surface area is 140 Å². The van der Waals surface area contributed by atoms with Gasteiger partial charge in [0.15, 0.2) is 11.5 Å². The van der Waals surface area contributed by atoms with Crippen molar-refractivity contribution in [1.82, 2.24) is 0 Å². The van der Waals surface area contributed by atoms with Crippen LogP contribution >= 0.6 is 0 Å². The van der Waals surface area contributed by atoms with Gasteiger partial charge in [-0.3, -0.25) is 4.55 Å². The molecular weight excluding hydrogens is 332 g/mol. The summed E-state index contributed by atoms with van der Waals surface area (Å²) in [6, 6.07) is 10.0. The molecule has 0 radical (unpaired) electrons. The van der Waals surface area contributed by atoms with Crippen LogP contribution < -0.4 is 14.2 Å². The van der Waals surface area contributed by atoms with Crippen LogP contribution in [0.5, 0.6) is 17.2 Å². The molecule has 2 aromatic carbocycles. The molecule has 0 fully saturated rings. The van der Waals surface area contributed by atoms with E-state index in [1.54, 1.807) is 37.4 Å². The lowest BCUT2D eigenvalue weighted by molar-refractivity contribution is 0.0904. The highest BCUT2D eigenvalue weighted by molar-refractivity contribution is 7.85. The van der Waals surface area contributed by atoms with Crippen molar-refractivity contribution < 1.29 is 27.2 Å². The lowest BCUT2D eigenvalue weighted by Crippen LogP contribution is -2.31. The van der Waals surface area contributed by atoms with E-state index in [0.717, 1.165) is 5.56 Å². The van der Waals surface area contributed by atoms with Gasteiger partial charge in [-0.05, 0) is 30.7 Å². The van der Waals surface area contributed by atoms with E-state index in [4.69, 9.17) is 14.2 Å². The third-order valence-electron chi connectivity index (χ3n) is 3.81. The molecule has 6 nitrogen and oxygen atoms in total. The van der Waals surface area contributed by atoms with Crippen LogP contribution in [0.3, 0.4) is 0 Å². The third-order valence-corrected chi connectivity index (χ3v) is 4.76. The lowest BCUT2D eigenvalue weighted by atomic mass is 10.0. The van der Waals surface area contributed by atoms with E-state index in [2.05, 4.69) is 0 Å². The van der Waals surface area contributed by atoms with E-state index >= 15 is 0 Å². The molecule has 2 aromatic rings. The second-order valence-electron chi connectivity index (χ2n) is 5.65. The van der Waals surface area contributed by atoms with Crippen LogP contribution in [0.2, 0.25) is 0 Å². The minimum absolute atomic E-state index is 0.104. The van der Waals surface area contributed by atoms with Gasteiger partial charge in [0.2, 0.25) is 0 Å². The summed E-state index contributed by atoms with van der Waals surface area (Å²) in [4.78, 5) is -0.104. The molecule has 0 amide bonds. The number of rotatable bonds is 4. The van der Waals surface area contributed by atoms with Crippen molar-refractivity contribution in [3.8, 4) is 17.2 Å². The van der Waals surface area contributed by atoms with Gasteiger partial charge in [-0.15, -0.1) is 0 Å². The summed E-state index contributed by atoms with van der Waals surface area (Å²) in [5.74, 6) is 1.81. The largest absolute Gasteiger partial charge is 0.497 e. The molecule has 0 aromatic heterocycles. The molecular formula is C17H18O6S. The topological polar surface area (TPSA) is 82.1 Å². The van der Waals surface area contributed by atoms with Gasteiger partial charge in [0.25, 0.3) is 10.1 Å². The lowest BCUT2D eigenvalue weighted by Gasteiger charge is -2.27. The van der Waals surface area contributed by atoms with Crippen molar-refractivity contribution in [3.05, 3.63) is 47.5 Å². The highest BCUT2D eigenvalue weighted by atomic mass is 32.2. The number of ether oxygens (including phenoxy) is 3. The normalized spacial score (nSPS) is 16.7. The van der Waals surface area contributed by atoms with E-state index in [1.807, 2.05) is 6.92 Å². The van der Waals surface area contributed by atoms with Crippen molar-refractivity contribution in [2.45, 2.75) is 24.3 Å². The number of hydrogen-bond acceptors (Lipinski definition) is 5. The molecule has 1 aliphatic heterocycles. The molecule has 1 N–H and O–H groups in total. The van der Waals surface area contributed by atoms with Gasteiger partial charge in [-0.2, -0.15) is 8.42 Å². The van der Waals surface area contributed by atoms with Crippen LogP contribution in [0.15, 0.2) is 41.3 Å². The van der Waals surface area contributed by atoms with Gasteiger partial charge >= 0.3 is 0 Å². The fraction of sp³-hybridized carbons (Fsp3) is 0.294. The van der Waals surface area contributed by atoms with E-state index < -0.39 is 10.1 Å². The zero-order chi connectivity index (χ0) is 17.3. The SMILES string of the molecule is COc1ccc2c(c1)O[C@H](Cc1cc(C)ccc1S(=O)(=O)O)CO2. The summed E-state index contributed by atoms with van der Waals surface area (Å²) in [5, 5.41) is 0. The van der Waals surface area contributed by atoms with Gasteiger partial charge in [-0.1, -0.05) is 17.7 Å². The van der Waals surface area contributed by atoms with Gasteiger partial charge in [-0.25, -0.2) is 0 Å². The summed E-state index contributed by atoms with van der Waals surface area (Å²) in [7, 11) is -2.73. The van der Waals surface area contributed by atoms with E-state index in [1.165, 1.54) is 6.07 Å². The van der Waals surface area contributed by atoms with Crippen LogP contribution in [0.25, 0.3) is 0 Å². The number of aryl methyl sites for hydroxylation is 1. The maximum Gasteiger partial charge on any atom is 0.294 e. The smallest absolute Gasteiger partial charge is 0.294 e. The van der Waals surface area contributed by atoms with Gasteiger partial charge < -0.3 is 14.2 Å². The van der Waals surface area contributed by atoms with E-state index in [9.17, 15) is 13.0 Å². The molecule has 0 unspecified atom stereocenters. The monoisotopic (exact) mass is 350 g/mol. The van der Waals surface area contributed by atoms with Crippen molar-refractivity contribution in [1.29, 1.82) is 0 Å². The minimum Gasteiger partial charge on any atom is -0.497 e. The summed E-state index contributed by atoms with van der Waals surface area (Å²) in [5.41, 5.74) is 1.40. The molecule has 128 valence electrons. The minimum atomic E-state index is -4.29. The van der Waals surface area contributed by atoms with Crippen LogP contribution in [0, 0.1) is 6.92 Å².